The highest BCUT2D eigenvalue weighted by Gasteiger charge is 2.30. The maximum Gasteiger partial charge on any atom is 0.261 e. The molecule has 0 aliphatic carbocycles. The Kier molecular flexibility index (Phi) is 8.05. The third-order valence-corrected chi connectivity index (χ3v) is 9.16. The van der Waals surface area contributed by atoms with Crippen molar-refractivity contribution in [2.75, 3.05) is 43.5 Å². The predicted octanol–water partition coefficient (Wildman–Crippen LogP) is 3.42. The van der Waals surface area contributed by atoms with E-state index < -0.39 is 26.0 Å². The van der Waals surface area contributed by atoms with E-state index in [0.717, 1.165) is 0 Å². The van der Waals surface area contributed by atoms with Crippen LogP contribution in [0.3, 0.4) is 0 Å². The number of morpholine rings is 1. The zero-order chi connectivity index (χ0) is 26.6. The third kappa shape index (κ3) is 6.05. The van der Waals surface area contributed by atoms with Crippen LogP contribution < -0.4 is 14.8 Å². The van der Waals surface area contributed by atoms with E-state index in [-0.39, 0.29) is 63.8 Å². The molecule has 1 heterocycles. The van der Waals surface area contributed by atoms with E-state index in [1.807, 2.05) is 0 Å². The van der Waals surface area contributed by atoms with Gasteiger partial charge in [-0.15, -0.1) is 0 Å². The van der Waals surface area contributed by atoms with Crippen molar-refractivity contribution >= 4 is 48.9 Å². The van der Waals surface area contributed by atoms with Gasteiger partial charge in [0.15, 0.2) is 0 Å². The number of hydrogen-bond donors (Lipinski definition) is 2. The Bertz CT molecular complexity index is 1510. The van der Waals surface area contributed by atoms with E-state index in [2.05, 4.69) is 10.0 Å². The van der Waals surface area contributed by atoms with Gasteiger partial charge in [0.1, 0.15) is 10.6 Å². The van der Waals surface area contributed by atoms with Gasteiger partial charge in [-0.2, -0.15) is 4.31 Å². The Labute approximate surface area is 220 Å². The topological polar surface area (TPSA) is 131 Å². The second-order valence-electron chi connectivity index (χ2n) is 7.95. The number of carbonyl (C=O) groups excluding carboxylic acids is 1. The van der Waals surface area contributed by atoms with Gasteiger partial charge in [0.25, 0.3) is 15.9 Å². The number of anilines is 2. The molecular weight excluding hydrogens is 542 g/mol. The number of benzene rings is 3. The maximum atomic E-state index is 13.2. The Morgan fingerprint density at radius 1 is 0.946 bits per heavy atom. The van der Waals surface area contributed by atoms with Crippen LogP contribution in [-0.2, 0) is 24.8 Å². The van der Waals surface area contributed by atoms with Crippen LogP contribution in [0.2, 0.25) is 5.02 Å². The van der Waals surface area contributed by atoms with Crippen molar-refractivity contribution in [1.82, 2.24) is 4.31 Å². The molecule has 0 aromatic heterocycles. The highest BCUT2D eigenvalue weighted by Crippen LogP contribution is 2.31. The number of ether oxygens (including phenoxy) is 2. The SMILES string of the molecule is COc1ccc(NC(=O)c2ccc(NS(=O)(=O)c3ccccc3)cc2Cl)cc1S(=O)(=O)N1CCOCC1. The molecule has 10 nitrogen and oxygen atoms in total. The monoisotopic (exact) mass is 565 g/mol. The Morgan fingerprint density at radius 2 is 1.62 bits per heavy atom. The molecule has 1 amide bonds. The molecule has 37 heavy (non-hydrogen) atoms. The largest absolute Gasteiger partial charge is 0.495 e. The van der Waals surface area contributed by atoms with Gasteiger partial charge in [-0.3, -0.25) is 9.52 Å². The van der Waals surface area contributed by atoms with E-state index in [4.69, 9.17) is 21.1 Å². The van der Waals surface area contributed by atoms with Crippen LogP contribution in [0.1, 0.15) is 10.4 Å². The summed E-state index contributed by atoms with van der Waals surface area (Å²) in [5.41, 5.74) is 0.453. The zero-order valence-corrected chi connectivity index (χ0v) is 22.1. The molecule has 0 saturated carbocycles. The van der Waals surface area contributed by atoms with Crippen LogP contribution in [0.4, 0.5) is 11.4 Å². The van der Waals surface area contributed by atoms with Crippen LogP contribution in [0, 0.1) is 0 Å². The number of methoxy groups -OCH3 is 1. The first-order valence-corrected chi connectivity index (χ1v) is 14.4. The van der Waals surface area contributed by atoms with E-state index >= 15 is 0 Å². The quantitative estimate of drug-likeness (QED) is 0.428. The number of nitrogens with one attached hydrogen (secondary N) is 2. The van der Waals surface area contributed by atoms with Gasteiger partial charge in [-0.1, -0.05) is 29.8 Å². The maximum absolute atomic E-state index is 13.2. The average molecular weight is 566 g/mol. The summed E-state index contributed by atoms with van der Waals surface area (Å²) in [4.78, 5) is 12.9. The number of amides is 1. The minimum atomic E-state index is -3.90. The number of sulfonamides is 2. The zero-order valence-electron chi connectivity index (χ0n) is 19.7. The predicted molar refractivity (Wildman–Crippen MR) is 139 cm³/mol. The highest BCUT2D eigenvalue weighted by atomic mass is 35.5. The number of hydrogen-bond acceptors (Lipinski definition) is 7. The molecule has 0 atom stereocenters. The van der Waals surface area contributed by atoms with E-state index in [1.54, 1.807) is 18.2 Å². The minimum Gasteiger partial charge on any atom is -0.495 e. The molecule has 0 radical (unpaired) electrons. The Hall–Kier alpha value is -3.16. The van der Waals surface area contributed by atoms with Crippen LogP contribution in [-0.4, -0.2) is 60.5 Å². The second-order valence-corrected chi connectivity index (χ2v) is 11.9. The Morgan fingerprint density at radius 3 is 2.27 bits per heavy atom. The molecule has 1 fully saturated rings. The summed E-state index contributed by atoms with van der Waals surface area (Å²) in [6.07, 6.45) is 0. The van der Waals surface area contributed by atoms with E-state index in [9.17, 15) is 21.6 Å². The molecule has 1 aliphatic rings. The first kappa shape index (κ1) is 26.9. The van der Waals surface area contributed by atoms with Crippen molar-refractivity contribution in [2.24, 2.45) is 0 Å². The number of halogens is 1. The molecule has 13 heteroatoms. The van der Waals surface area contributed by atoms with Crippen molar-refractivity contribution in [2.45, 2.75) is 9.79 Å². The lowest BCUT2D eigenvalue weighted by atomic mass is 10.2. The van der Waals surface area contributed by atoms with Gasteiger partial charge in [0.2, 0.25) is 10.0 Å². The molecule has 0 unspecified atom stereocenters. The highest BCUT2D eigenvalue weighted by molar-refractivity contribution is 7.92. The summed E-state index contributed by atoms with van der Waals surface area (Å²) in [6, 6.07) is 16.2. The van der Waals surface area contributed by atoms with Gasteiger partial charge in [-0.05, 0) is 48.5 Å². The van der Waals surface area contributed by atoms with Crippen LogP contribution in [0.15, 0.2) is 76.5 Å². The summed E-state index contributed by atoms with van der Waals surface area (Å²) >= 11 is 6.29. The fourth-order valence-electron chi connectivity index (χ4n) is 3.66. The molecule has 0 bridgehead atoms. The normalized spacial score (nSPS) is 14.6. The van der Waals surface area contributed by atoms with E-state index in [1.165, 1.54) is 59.9 Å². The molecular formula is C24H24ClN3O7S2. The fraction of sp³-hybridized carbons (Fsp3) is 0.208. The number of rotatable bonds is 8. The standard InChI is InChI=1S/C24H24ClN3O7S2/c1-34-22-10-8-17(16-23(22)37(32,33)28-11-13-35-14-12-28)26-24(29)20-9-7-18(15-21(20)25)27-36(30,31)19-5-3-2-4-6-19/h2-10,15-16,27H,11-14H2,1H3,(H,26,29). The molecule has 2 N–H and O–H groups in total. The lowest BCUT2D eigenvalue weighted by Crippen LogP contribution is -2.40. The fourth-order valence-corrected chi connectivity index (χ4v) is 6.58. The van der Waals surface area contributed by atoms with Crippen molar-refractivity contribution in [3.63, 3.8) is 0 Å². The number of nitrogens with zero attached hydrogens (tertiary/aromatic N) is 1. The molecule has 3 aromatic rings. The molecule has 1 aliphatic heterocycles. The summed E-state index contributed by atoms with van der Waals surface area (Å²) in [5.74, 6) is -0.472. The van der Waals surface area contributed by atoms with Crippen LogP contribution in [0.25, 0.3) is 0 Å². The smallest absolute Gasteiger partial charge is 0.261 e. The minimum absolute atomic E-state index is 0.000403. The summed E-state index contributed by atoms with van der Waals surface area (Å²) < 4.78 is 65.7. The van der Waals surface area contributed by atoms with Gasteiger partial charge in [0, 0.05) is 18.8 Å². The van der Waals surface area contributed by atoms with Crippen molar-refractivity contribution in [1.29, 1.82) is 0 Å². The molecule has 0 spiro atoms. The summed E-state index contributed by atoms with van der Waals surface area (Å²) in [6.45, 7) is 0.984. The first-order valence-electron chi connectivity index (χ1n) is 11.1. The summed E-state index contributed by atoms with van der Waals surface area (Å²) in [5, 5.41) is 2.63. The third-order valence-electron chi connectivity index (χ3n) is 5.53. The Balaban J connectivity index is 1.54. The molecule has 196 valence electrons. The van der Waals surface area contributed by atoms with Gasteiger partial charge in [-0.25, -0.2) is 16.8 Å². The lowest BCUT2D eigenvalue weighted by molar-refractivity contribution is 0.0729. The van der Waals surface area contributed by atoms with Crippen LogP contribution in [0.5, 0.6) is 5.75 Å². The van der Waals surface area contributed by atoms with Crippen LogP contribution >= 0.6 is 11.6 Å². The molecule has 3 aromatic carbocycles. The summed E-state index contributed by atoms with van der Waals surface area (Å²) in [7, 11) is -6.37. The second kappa shape index (κ2) is 11.1. The van der Waals surface area contributed by atoms with Crippen molar-refractivity contribution in [3.05, 3.63) is 77.3 Å². The van der Waals surface area contributed by atoms with E-state index in [0.29, 0.717) is 0 Å². The first-order chi connectivity index (χ1) is 17.6. The average Bonchev–Trinajstić information content (AvgIpc) is 2.89. The van der Waals surface area contributed by atoms with Gasteiger partial charge >= 0.3 is 0 Å². The van der Waals surface area contributed by atoms with Gasteiger partial charge in [0.05, 0.1) is 41.5 Å². The van der Waals surface area contributed by atoms with Crippen molar-refractivity contribution < 1.29 is 31.1 Å². The number of carbonyl (C=O) groups is 1. The van der Waals surface area contributed by atoms with Gasteiger partial charge < -0.3 is 14.8 Å². The molecule has 4 rings (SSSR count). The van der Waals surface area contributed by atoms with Crippen molar-refractivity contribution in [3.8, 4) is 5.75 Å². The molecule has 1 saturated heterocycles. The lowest BCUT2D eigenvalue weighted by Gasteiger charge is -2.26.